The molecular weight excluding hydrogens is 152 g/mol. The fourth-order valence-electron chi connectivity index (χ4n) is 0.974. The second-order valence-corrected chi connectivity index (χ2v) is 3.30. The third-order valence-corrected chi connectivity index (χ3v) is 1.63. The molecule has 0 fully saturated rings. The van der Waals surface area contributed by atoms with E-state index in [2.05, 4.69) is 25.2 Å². The molecule has 0 saturated heterocycles. The molecule has 0 atom stereocenters. The van der Waals surface area contributed by atoms with E-state index in [1.807, 2.05) is 0 Å². The highest BCUT2D eigenvalue weighted by atomic mass is 16.5. The van der Waals surface area contributed by atoms with Gasteiger partial charge in [-0.2, -0.15) is 0 Å². The van der Waals surface area contributed by atoms with Gasteiger partial charge in [-0.05, 0) is 12.3 Å². The van der Waals surface area contributed by atoms with Crippen LogP contribution in [-0.2, 0) is 9.53 Å². The lowest BCUT2D eigenvalue weighted by Gasteiger charge is -2.02. The molecule has 0 amide bonds. The molecule has 2 nitrogen and oxygen atoms in total. The van der Waals surface area contributed by atoms with Crippen LogP contribution in [0.25, 0.3) is 0 Å². The van der Waals surface area contributed by atoms with E-state index in [0.29, 0.717) is 6.42 Å². The van der Waals surface area contributed by atoms with Gasteiger partial charge in [0.05, 0.1) is 6.26 Å². The summed E-state index contributed by atoms with van der Waals surface area (Å²) in [5.41, 5.74) is 0. The Morgan fingerprint density at radius 1 is 1.50 bits per heavy atom. The summed E-state index contributed by atoms with van der Waals surface area (Å²) < 4.78 is 4.57. The Labute approximate surface area is 74.6 Å². The van der Waals surface area contributed by atoms with E-state index in [1.165, 1.54) is 12.7 Å². The number of rotatable bonds is 6. The van der Waals surface area contributed by atoms with E-state index in [1.54, 1.807) is 0 Å². The summed E-state index contributed by atoms with van der Waals surface area (Å²) >= 11 is 0. The van der Waals surface area contributed by atoms with Crippen molar-refractivity contribution in [1.82, 2.24) is 0 Å². The summed E-state index contributed by atoms with van der Waals surface area (Å²) in [6.45, 7) is 7.68. The smallest absolute Gasteiger partial charge is 0.310 e. The number of esters is 1. The molecule has 0 aromatic rings. The van der Waals surface area contributed by atoms with E-state index < -0.39 is 0 Å². The van der Waals surface area contributed by atoms with Crippen LogP contribution >= 0.6 is 0 Å². The van der Waals surface area contributed by atoms with Crippen molar-refractivity contribution in [2.24, 2.45) is 5.92 Å². The Morgan fingerprint density at radius 3 is 2.67 bits per heavy atom. The van der Waals surface area contributed by atoms with Crippen molar-refractivity contribution < 1.29 is 9.53 Å². The van der Waals surface area contributed by atoms with Crippen LogP contribution in [0.15, 0.2) is 12.8 Å². The van der Waals surface area contributed by atoms with Gasteiger partial charge < -0.3 is 4.74 Å². The Kier molecular flexibility index (Phi) is 6.44. The van der Waals surface area contributed by atoms with E-state index >= 15 is 0 Å². The standard InChI is InChI=1S/C10H18O2/c1-4-12-10(11)8-6-5-7-9(2)3/h4,9H,1,5-8H2,2-3H3. The van der Waals surface area contributed by atoms with Gasteiger partial charge in [-0.1, -0.05) is 33.3 Å². The first-order chi connectivity index (χ1) is 5.66. The van der Waals surface area contributed by atoms with Crippen LogP contribution < -0.4 is 0 Å². The lowest BCUT2D eigenvalue weighted by atomic mass is 10.1. The fourth-order valence-corrected chi connectivity index (χ4v) is 0.974. The lowest BCUT2D eigenvalue weighted by molar-refractivity contribution is -0.138. The highest BCUT2D eigenvalue weighted by molar-refractivity contribution is 5.69. The molecular formula is C10H18O2. The molecule has 0 saturated carbocycles. The first kappa shape index (κ1) is 11.2. The zero-order valence-corrected chi connectivity index (χ0v) is 8.01. The maximum Gasteiger partial charge on any atom is 0.310 e. The molecule has 0 radical (unpaired) electrons. The third-order valence-electron chi connectivity index (χ3n) is 1.63. The molecule has 0 aliphatic rings. The molecule has 0 unspecified atom stereocenters. The van der Waals surface area contributed by atoms with E-state index in [0.717, 1.165) is 18.8 Å². The molecule has 0 N–H and O–H groups in total. The summed E-state index contributed by atoms with van der Waals surface area (Å²) in [6, 6.07) is 0. The quantitative estimate of drug-likeness (QED) is 0.348. The monoisotopic (exact) mass is 170 g/mol. The zero-order valence-electron chi connectivity index (χ0n) is 8.01. The molecule has 0 heterocycles. The van der Waals surface area contributed by atoms with Gasteiger partial charge in [-0.3, -0.25) is 4.79 Å². The van der Waals surface area contributed by atoms with Crippen molar-refractivity contribution in [3.05, 3.63) is 12.8 Å². The summed E-state index contributed by atoms with van der Waals surface area (Å²) in [7, 11) is 0. The molecule has 70 valence electrons. The molecule has 0 rings (SSSR count). The van der Waals surface area contributed by atoms with E-state index in [9.17, 15) is 4.79 Å². The Balaban J connectivity index is 3.19. The van der Waals surface area contributed by atoms with Crippen molar-refractivity contribution >= 4 is 5.97 Å². The average Bonchev–Trinajstić information content (AvgIpc) is 1.98. The zero-order chi connectivity index (χ0) is 9.40. The van der Waals surface area contributed by atoms with Crippen LogP contribution in [0.5, 0.6) is 0 Å². The van der Waals surface area contributed by atoms with Gasteiger partial charge in [0.25, 0.3) is 0 Å². The summed E-state index contributed by atoms with van der Waals surface area (Å²) in [4.78, 5) is 10.8. The fraction of sp³-hybridized carbons (Fsp3) is 0.700. The Bertz CT molecular complexity index is 139. The van der Waals surface area contributed by atoms with Crippen LogP contribution in [0.4, 0.5) is 0 Å². The van der Waals surface area contributed by atoms with E-state index in [-0.39, 0.29) is 5.97 Å². The van der Waals surface area contributed by atoms with Crippen LogP contribution in [0.2, 0.25) is 0 Å². The maximum atomic E-state index is 10.8. The summed E-state index contributed by atoms with van der Waals surface area (Å²) in [5, 5.41) is 0. The van der Waals surface area contributed by atoms with Gasteiger partial charge in [0, 0.05) is 6.42 Å². The molecule has 0 aliphatic carbocycles. The van der Waals surface area contributed by atoms with Gasteiger partial charge in [-0.15, -0.1) is 0 Å². The molecule has 0 spiro atoms. The summed E-state index contributed by atoms with van der Waals surface area (Å²) in [5.74, 6) is 0.550. The predicted molar refractivity (Wildman–Crippen MR) is 49.6 cm³/mol. The molecule has 0 bridgehead atoms. The van der Waals surface area contributed by atoms with Gasteiger partial charge in [0.15, 0.2) is 0 Å². The van der Waals surface area contributed by atoms with Crippen LogP contribution in [0.1, 0.15) is 39.5 Å². The first-order valence-electron chi connectivity index (χ1n) is 4.47. The molecule has 12 heavy (non-hydrogen) atoms. The second kappa shape index (κ2) is 6.89. The van der Waals surface area contributed by atoms with E-state index in [4.69, 9.17) is 0 Å². The normalized spacial score (nSPS) is 9.92. The van der Waals surface area contributed by atoms with Gasteiger partial charge in [0.1, 0.15) is 0 Å². The third kappa shape index (κ3) is 7.32. The SMILES string of the molecule is C=COC(=O)CCCCC(C)C. The number of carbonyl (C=O) groups excluding carboxylic acids is 1. The minimum absolute atomic E-state index is 0.172. The highest BCUT2D eigenvalue weighted by Crippen LogP contribution is 2.08. The highest BCUT2D eigenvalue weighted by Gasteiger charge is 2.00. The Morgan fingerprint density at radius 2 is 2.17 bits per heavy atom. The summed E-state index contributed by atoms with van der Waals surface area (Å²) in [6.07, 6.45) is 4.90. The van der Waals surface area contributed by atoms with Crippen LogP contribution in [-0.4, -0.2) is 5.97 Å². The number of carbonyl (C=O) groups is 1. The van der Waals surface area contributed by atoms with Gasteiger partial charge in [0.2, 0.25) is 0 Å². The van der Waals surface area contributed by atoms with Crippen molar-refractivity contribution in [3.63, 3.8) is 0 Å². The van der Waals surface area contributed by atoms with Crippen molar-refractivity contribution in [3.8, 4) is 0 Å². The molecule has 0 aromatic carbocycles. The first-order valence-corrected chi connectivity index (χ1v) is 4.47. The van der Waals surface area contributed by atoms with Crippen LogP contribution in [0, 0.1) is 5.92 Å². The number of ether oxygens (including phenoxy) is 1. The number of unbranched alkanes of at least 4 members (excludes halogenated alkanes) is 1. The minimum atomic E-state index is -0.172. The number of hydrogen-bond acceptors (Lipinski definition) is 2. The lowest BCUT2D eigenvalue weighted by Crippen LogP contribution is -1.99. The van der Waals surface area contributed by atoms with Crippen molar-refractivity contribution in [1.29, 1.82) is 0 Å². The largest absolute Gasteiger partial charge is 0.435 e. The molecule has 2 heteroatoms. The van der Waals surface area contributed by atoms with Crippen LogP contribution in [0.3, 0.4) is 0 Å². The van der Waals surface area contributed by atoms with Gasteiger partial charge >= 0.3 is 5.97 Å². The van der Waals surface area contributed by atoms with Gasteiger partial charge in [-0.25, -0.2) is 0 Å². The van der Waals surface area contributed by atoms with Crippen molar-refractivity contribution in [2.75, 3.05) is 0 Å². The number of hydrogen-bond donors (Lipinski definition) is 0. The Hall–Kier alpha value is -0.790. The molecule has 0 aromatic heterocycles. The average molecular weight is 170 g/mol. The molecule has 0 aliphatic heterocycles. The topological polar surface area (TPSA) is 26.3 Å². The maximum absolute atomic E-state index is 10.8. The van der Waals surface area contributed by atoms with Crippen molar-refractivity contribution in [2.45, 2.75) is 39.5 Å². The second-order valence-electron chi connectivity index (χ2n) is 3.30. The predicted octanol–water partition coefficient (Wildman–Crippen LogP) is 2.89. The minimum Gasteiger partial charge on any atom is -0.435 e.